The summed E-state index contributed by atoms with van der Waals surface area (Å²) < 4.78 is 6.70. The van der Waals surface area contributed by atoms with Crippen LogP contribution in [0.15, 0.2) is 69.0 Å². The van der Waals surface area contributed by atoms with E-state index in [4.69, 9.17) is 16.3 Å². The molecule has 2 aromatic rings. The normalized spacial score (nSPS) is 30.8. The molecular formula is C19H15BrClNO2S. The molecule has 25 heavy (non-hydrogen) atoms. The Morgan fingerprint density at radius 3 is 2.56 bits per heavy atom. The van der Waals surface area contributed by atoms with Gasteiger partial charge in [-0.1, -0.05) is 69.6 Å². The van der Waals surface area contributed by atoms with Gasteiger partial charge in [-0.3, -0.25) is 0 Å². The molecule has 1 saturated heterocycles. The Kier molecular flexibility index (Phi) is 4.21. The fourth-order valence-electron chi connectivity index (χ4n) is 3.35. The minimum Gasteiger partial charge on any atom is -0.449 e. The number of hydrogen-bond donors (Lipinski definition) is 0. The summed E-state index contributed by atoms with van der Waals surface area (Å²) >= 11 is 11.3. The van der Waals surface area contributed by atoms with Crippen LogP contribution in [0.25, 0.3) is 0 Å². The number of ether oxygens (including phenoxy) is 1. The lowest BCUT2D eigenvalue weighted by Crippen LogP contribution is -2.60. The third-order valence-corrected chi connectivity index (χ3v) is 7.04. The molecule has 0 saturated carbocycles. The molecule has 3 atom stereocenters. The van der Waals surface area contributed by atoms with Crippen LogP contribution in [0.3, 0.4) is 0 Å². The van der Waals surface area contributed by atoms with Crippen molar-refractivity contribution in [2.75, 3.05) is 0 Å². The van der Waals surface area contributed by atoms with Crippen LogP contribution < -0.4 is 0 Å². The summed E-state index contributed by atoms with van der Waals surface area (Å²) in [6.07, 6.45) is 0.614. The van der Waals surface area contributed by atoms with E-state index in [9.17, 15) is 4.79 Å². The van der Waals surface area contributed by atoms with Crippen LogP contribution in [0.1, 0.15) is 24.8 Å². The third kappa shape index (κ3) is 2.82. The van der Waals surface area contributed by atoms with Crippen molar-refractivity contribution in [3.05, 3.63) is 64.6 Å². The number of thioether (sulfide) groups is 1. The van der Waals surface area contributed by atoms with Crippen LogP contribution in [0.5, 0.6) is 0 Å². The molecule has 0 radical (unpaired) electrons. The number of rotatable bonds is 3. The van der Waals surface area contributed by atoms with E-state index in [2.05, 4.69) is 20.9 Å². The molecule has 6 heteroatoms. The van der Waals surface area contributed by atoms with E-state index in [0.29, 0.717) is 11.6 Å². The molecule has 128 valence electrons. The lowest BCUT2D eigenvalue weighted by atomic mass is 9.77. The van der Waals surface area contributed by atoms with Crippen LogP contribution >= 0.6 is 39.3 Å². The first-order valence-electron chi connectivity index (χ1n) is 7.92. The van der Waals surface area contributed by atoms with E-state index in [-0.39, 0.29) is 11.9 Å². The molecule has 3 aliphatic rings. The van der Waals surface area contributed by atoms with E-state index >= 15 is 0 Å². The molecule has 3 heterocycles. The summed E-state index contributed by atoms with van der Waals surface area (Å²) in [5.41, 5.74) is 0.206. The van der Waals surface area contributed by atoms with Crippen molar-refractivity contribution in [1.82, 2.24) is 0 Å². The molecule has 0 aromatic heterocycles. The van der Waals surface area contributed by atoms with Gasteiger partial charge in [0.2, 0.25) is 4.87 Å². The fourth-order valence-corrected chi connectivity index (χ4v) is 5.19. The van der Waals surface area contributed by atoms with Crippen LogP contribution in [-0.2, 0) is 9.53 Å². The van der Waals surface area contributed by atoms with Crippen molar-refractivity contribution in [3.8, 4) is 0 Å². The van der Waals surface area contributed by atoms with Gasteiger partial charge in [0.05, 0.1) is 0 Å². The monoisotopic (exact) mass is 435 g/mol. The molecule has 0 N–H and O–H groups in total. The lowest BCUT2D eigenvalue weighted by molar-refractivity contribution is -0.165. The molecule has 0 unspecified atom stereocenters. The molecule has 0 spiro atoms. The van der Waals surface area contributed by atoms with Gasteiger partial charge in [0, 0.05) is 21.7 Å². The van der Waals surface area contributed by atoms with Crippen molar-refractivity contribution in [2.24, 2.45) is 4.99 Å². The van der Waals surface area contributed by atoms with Crippen molar-refractivity contribution in [1.29, 1.82) is 0 Å². The quantitative estimate of drug-likeness (QED) is 0.607. The highest BCUT2D eigenvalue weighted by atomic mass is 79.9. The predicted molar refractivity (Wildman–Crippen MR) is 104 cm³/mol. The number of hydrogen-bond acceptors (Lipinski definition) is 4. The van der Waals surface area contributed by atoms with Crippen LogP contribution in [-0.4, -0.2) is 21.6 Å². The molecule has 2 bridgehead atoms. The highest BCUT2D eigenvalue weighted by Crippen LogP contribution is 2.57. The first kappa shape index (κ1) is 17.1. The van der Waals surface area contributed by atoms with Gasteiger partial charge in [-0.15, -0.1) is 0 Å². The maximum absolute atomic E-state index is 13.0. The van der Waals surface area contributed by atoms with Crippen LogP contribution in [0.2, 0.25) is 0 Å². The number of halogens is 2. The Morgan fingerprint density at radius 2 is 1.88 bits per heavy atom. The third-order valence-electron chi connectivity index (χ3n) is 4.67. The number of benzene rings is 2. The van der Waals surface area contributed by atoms with Crippen LogP contribution in [0.4, 0.5) is 0 Å². The Morgan fingerprint density at radius 1 is 1.20 bits per heavy atom. The maximum atomic E-state index is 13.0. The SMILES string of the molecule is C[C@]12C[C@H](c3ccc(Br)cc3)[C@](Sc3ccccc3)(N=C1Cl)C(=O)O2. The van der Waals surface area contributed by atoms with Gasteiger partial charge in [-0.05, 0) is 36.8 Å². The van der Waals surface area contributed by atoms with Gasteiger partial charge < -0.3 is 4.74 Å². The predicted octanol–water partition coefficient (Wildman–Crippen LogP) is 5.38. The Balaban J connectivity index is 1.85. The fraction of sp³-hybridized carbons (Fsp3) is 0.263. The van der Waals surface area contributed by atoms with Gasteiger partial charge in [0.15, 0.2) is 5.60 Å². The van der Waals surface area contributed by atoms with Gasteiger partial charge in [0.25, 0.3) is 0 Å². The molecule has 3 aliphatic heterocycles. The Bertz CT molecular complexity index is 857. The van der Waals surface area contributed by atoms with Crippen molar-refractivity contribution >= 4 is 50.4 Å². The minimum absolute atomic E-state index is 0.112. The Hall–Kier alpha value is -1.30. The van der Waals surface area contributed by atoms with E-state index in [1.165, 1.54) is 11.8 Å². The van der Waals surface area contributed by atoms with Gasteiger partial charge in [0.1, 0.15) is 5.17 Å². The smallest absolute Gasteiger partial charge is 0.346 e. The largest absolute Gasteiger partial charge is 0.449 e. The summed E-state index contributed by atoms with van der Waals surface area (Å²) in [6.45, 7) is 1.83. The molecule has 2 aromatic carbocycles. The summed E-state index contributed by atoms with van der Waals surface area (Å²) in [5.74, 6) is -0.438. The van der Waals surface area contributed by atoms with Gasteiger partial charge in [-0.25, -0.2) is 9.79 Å². The van der Waals surface area contributed by atoms with E-state index in [1.54, 1.807) is 0 Å². The summed E-state index contributed by atoms with van der Waals surface area (Å²) in [6, 6.07) is 17.8. The average Bonchev–Trinajstić information content (AvgIpc) is 2.59. The molecule has 5 rings (SSSR count). The standard InChI is InChI=1S/C19H15BrClNO2S/c1-18-11-15(12-7-9-13(20)10-8-12)19(17(23)24-18,22-16(18)21)25-14-5-3-2-4-6-14/h2-10,15H,11H2,1H3/t15-,18+,19-/m1/s1. The lowest BCUT2D eigenvalue weighted by Gasteiger charge is -2.50. The van der Waals surface area contributed by atoms with Crippen molar-refractivity contribution in [2.45, 2.75) is 34.6 Å². The highest BCUT2D eigenvalue weighted by molar-refractivity contribution is 9.10. The average molecular weight is 437 g/mol. The Labute approximate surface area is 163 Å². The summed E-state index contributed by atoms with van der Waals surface area (Å²) in [5, 5.41) is 0.365. The van der Waals surface area contributed by atoms with Crippen molar-refractivity contribution < 1.29 is 9.53 Å². The summed E-state index contributed by atoms with van der Waals surface area (Å²) in [4.78, 5) is 17.5. The van der Waals surface area contributed by atoms with E-state index in [0.717, 1.165) is 14.9 Å². The second-order valence-corrected chi connectivity index (χ2v) is 9.01. The second kappa shape index (κ2) is 6.15. The minimum atomic E-state index is -1.09. The van der Waals surface area contributed by atoms with Crippen molar-refractivity contribution in [3.63, 3.8) is 0 Å². The molecule has 3 nitrogen and oxygen atoms in total. The molecule has 0 aliphatic carbocycles. The van der Waals surface area contributed by atoms with E-state index in [1.807, 2.05) is 61.5 Å². The number of nitrogens with zero attached hydrogens (tertiary/aromatic N) is 1. The summed E-state index contributed by atoms with van der Waals surface area (Å²) in [7, 11) is 0. The first-order chi connectivity index (χ1) is 11.9. The zero-order chi connectivity index (χ0) is 17.7. The second-order valence-electron chi connectivity index (χ2n) is 6.44. The molecule has 0 amide bonds. The number of carbonyl (C=O) groups excluding carboxylic acids is 1. The zero-order valence-corrected chi connectivity index (χ0v) is 16.6. The van der Waals surface area contributed by atoms with Gasteiger partial charge in [-0.2, -0.15) is 0 Å². The van der Waals surface area contributed by atoms with Gasteiger partial charge >= 0.3 is 5.97 Å². The number of carbonyl (C=O) groups is 1. The zero-order valence-electron chi connectivity index (χ0n) is 13.4. The first-order valence-corrected chi connectivity index (χ1v) is 9.90. The number of fused-ring (bicyclic) bond motifs is 2. The molecular weight excluding hydrogens is 422 g/mol. The number of aliphatic imine (C=N–C) groups is 1. The maximum Gasteiger partial charge on any atom is 0.346 e. The highest BCUT2D eigenvalue weighted by Gasteiger charge is 2.62. The van der Waals surface area contributed by atoms with E-state index < -0.39 is 10.5 Å². The topological polar surface area (TPSA) is 38.7 Å². The van der Waals surface area contributed by atoms with Crippen LogP contribution in [0, 0.1) is 0 Å². The molecule has 1 fully saturated rings. The number of esters is 1.